The van der Waals surface area contributed by atoms with Gasteiger partial charge in [0.15, 0.2) is 0 Å². The van der Waals surface area contributed by atoms with Crippen molar-refractivity contribution in [1.29, 1.82) is 0 Å². The number of carbonyl (C=O) groups is 1. The Bertz CT molecular complexity index is 1340. The number of benzene rings is 1. The summed E-state index contributed by atoms with van der Waals surface area (Å²) in [5.41, 5.74) is 1.97. The van der Waals surface area contributed by atoms with Crippen molar-refractivity contribution in [2.24, 2.45) is 0 Å². The predicted octanol–water partition coefficient (Wildman–Crippen LogP) is 2.81. The molecule has 1 unspecified atom stereocenters. The number of aromatic nitrogens is 5. The van der Waals surface area contributed by atoms with Crippen molar-refractivity contribution >= 4 is 44.3 Å². The van der Waals surface area contributed by atoms with Gasteiger partial charge in [0, 0.05) is 37.1 Å². The average molecular weight is 491 g/mol. The molecule has 3 aromatic heterocycles. The van der Waals surface area contributed by atoms with Crippen LogP contribution < -0.4 is 4.90 Å². The third-order valence-corrected chi connectivity index (χ3v) is 8.47. The molecular formula is C25H30N8OS. The Morgan fingerprint density at radius 2 is 1.97 bits per heavy atom. The molecule has 1 aromatic carbocycles. The second kappa shape index (κ2) is 9.50. The molecule has 2 aliphatic heterocycles. The highest BCUT2D eigenvalue weighted by molar-refractivity contribution is 7.18. The summed E-state index contributed by atoms with van der Waals surface area (Å²) in [5.74, 6) is 1.22. The van der Waals surface area contributed by atoms with E-state index < -0.39 is 0 Å². The van der Waals surface area contributed by atoms with Gasteiger partial charge < -0.3 is 9.80 Å². The van der Waals surface area contributed by atoms with Gasteiger partial charge in [-0.3, -0.25) is 9.69 Å². The molecular weight excluding hydrogens is 460 g/mol. The second-order valence-corrected chi connectivity index (χ2v) is 10.5. The van der Waals surface area contributed by atoms with E-state index in [9.17, 15) is 4.79 Å². The standard InChI is InChI=1S/C25H30N8OS/c1-2-19-14-20-24(26-17-27-25(20)35-19)31-12-10-30(11-13-31)23(34)16-32-9-5-6-18(32)15-33-22-8-4-3-7-21(22)28-29-33/h3-4,7-8,14,17-18H,2,5-6,9-13,15-16H2,1H3. The summed E-state index contributed by atoms with van der Waals surface area (Å²) in [6.07, 6.45) is 4.87. The molecule has 0 N–H and O–H groups in total. The summed E-state index contributed by atoms with van der Waals surface area (Å²) in [7, 11) is 0. The molecule has 182 valence electrons. The molecule has 0 spiro atoms. The monoisotopic (exact) mass is 490 g/mol. The molecule has 0 radical (unpaired) electrons. The molecule has 1 amide bonds. The van der Waals surface area contributed by atoms with Gasteiger partial charge in [-0.1, -0.05) is 24.3 Å². The molecule has 0 bridgehead atoms. The van der Waals surface area contributed by atoms with Crippen LogP contribution >= 0.6 is 11.3 Å². The van der Waals surface area contributed by atoms with Gasteiger partial charge in [0.05, 0.1) is 24.0 Å². The first-order valence-electron chi connectivity index (χ1n) is 12.5. The second-order valence-electron chi connectivity index (χ2n) is 9.38. The Morgan fingerprint density at radius 3 is 2.83 bits per heavy atom. The van der Waals surface area contributed by atoms with Gasteiger partial charge >= 0.3 is 0 Å². The van der Waals surface area contributed by atoms with Crippen LogP contribution in [0, 0.1) is 0 Å². The third-order valence-electron chi connectivity index (χ3n) is 7.28. The lowest BCUT2D eigenvalue weighted by Gasteiger charge is -2.36. The number of hydrogen-bond donors (Lipinski definition) is 0. The first-order chi connectivity index (χ1) is 17.2. The molecule has 0 aliphatic carbocycles. The summed E-state index contributed by atoms with van der Waals surface area (Å²) < 4.78 is 1.98. The molecule has 35 heavy (non-hydrogen) atoms. The normalized spacial score (nSPS) is 19.3. The maximum absolute atomic E-state index is 13.2. The van der Waals surface area contributed by atoms with E-state index in [1.807, 2.05) is 27.8 Å². The number of amides is 1. The Labute approximate surface area is 208 Å². The zero-order valence-electron chi connectivity index (χ0n) is 20.0. The van der Waals surface area contributed by atoms with Crippen LogP contribution in [0.3, 0.4) is 0 Å². The van der Waals surface area contributed by atoms with Crippen LogP contribution in [0.1, 0.15) is 24.6 Å². The van der Waals surface area contributed by atoms with Crippen molar-refractivity contribution in [1.82, 2.24) is 34.8 Å². The molecule has 1 atom stereocenters. The molecule has 2 aliphatic rings. The van der Waals surface area contributed by atoms with Gasteiger partial charge in [-0.15, -0.1) is 16.4 Å². The lowest BCUT2D eigenvalue weighted by molar-refractivity contribution is -0.133. The van der Waals surface area contributed by atoms with E-state index in [2.05, 4.69) is 49.1 Å². The Morgan fingerprint density at radius 1 is 1.11 bits per heavy atom. The van der Waals surface area contributed by atoms with Gasteiger partial charge in [-0.25, -0.2) is 14.6 Å². The van der Waals surface area contributed by atoms with Crippen molar-refractivity contribution < 1.29 is 4.79 Å². The molecule has 0 saturated carbocycles. The summed E-state index contributed by atoms with van der Waals surface area (Å²) in [5, 5.41) is 9.77. The Balaban J connectivity index is 1.08. The minimum Gasteiger partial charge on any atom is -0.352 e. The van der Waals surface area contributed by atoms with Gasteiger partial charge in [0.1, 0.15) is 22.5 Å². The van der Waals surface area contributed by atoms with Crippen molar-refractivity contribution in [3.63, 3.8) is 0 Å². The van der Waals surface area contributed by atoms with Crippen LogP contribution in [-0.4, -0.2) is 86.0 Å². The first-order valence-corrected chi connectivity index (χ1v) is 13.3. The summed E-state index contributed by atoms with van der Waals surface area (Å²) in [6.45, 7) is 7.40. The molecule has 10 heteroatoms. The quantitative estimate of drug-likeness (QED) is 0.411. The molecule has 6 rings (SSSR count). The SMILES string of the molecule is CCc1cc2c(N3CCN(C(=O)CN4CCCC4Cn4nnc5ccccc54)CC3)ncnc2s1. The first kappa shape index (κ1) is 22.4. The predicted molar refractivity (Wildman–Crippen MR) is 138 cm³/mol. The maximum atomic E-state index is 13.2. The summed E-state index contributed by atoms with van der Waals surface area (Å²) in [4.78, 5) is 31.3. The number of thiophene rings is 1. The number of fused-ring (bicyclic) bond motifs is 2. The number of nitrogens with zero attached hydrogens (tertiary/aromatic N) is 8. The number of rotatable bonds is 6. The maximum Gasteiger partial charge on any atom is 0.236 e. The minimum atomic E-state index is 0.219. The molecule has 9 nitrogen and oxygen atoms in total. The van der Waals surface area contributed by atoms with E-state index in [1.54, 1.807) is 17.7 Å². The summed E-state index contributed by atoms with van der Waals surface area (Å²) in [6, 6.07) is 10.6. The number of carbonyl (C=O) groups excluding carboxylic acids is 1. The Kier molecular flexibility index (Phi) is 6.07. The van der Waals surface area contributed by atoms with Crippen LogP contribution in [0.4, 0.5) is 5.82 Å². The van der Waals surface area contributed by atoms with E-state index >= 15 is 0 Å². The molecule has 4 aromatic rings. The smallest absolute Gasteiger partial charge is 0.236 e. The average Bonchev–Trinajstić information content (AvgIpc) is 3.63. The van der Waals surface area contributed by atoms with E-state index in [0.717, 1.165) is 85.6 Å². The molecule has 2 saturated heterocycles. The Hall–Kier alpha value is -3.11. The fraction of sp³-hybridized carbons (Fsp3) is 0.480. The van der Waals surface area contributed by atoms with Crippen LogP contribution in [-0.2, 0) is 17.8 Å². The van der Waals surface area contributed by atoms with E-state index in [-0.39, 0.29) is 5.91 Å². The number of aryl methyl sites for hydroxylation is 1. The summed E-state index contributed by atoms with van der Waals surface area (Å²) >= 11 is 1.74. The lowest BCUT2D eigenvalue weighted by atomic mass is 10.2. The third kappa shape index (κ3) is 4.36. The van der Waals surface area contributed by atoms with Crippen LogP contribution in [0.5, 0.6) is 0 Å². The van der Waals surface area contributed by atoms with Crippen LogP contribution in [0.15, 0.2) is 36.7 Å². The lowest BCUT2D eigenvalue weighted by Crippen LogP contribution is -2.52. The fourth-order valence-corrected chi connectivity index (χ4v) is 6.25. The van der Waals surface area contributed by atoms with Gasteiger partial charge in [0.25, 0.3) is 0 Å². The molecule has 2 fully saturated rings. The van der Waals surface area contributed by atoms with Crippen molar-refractivity contribution in [2.75, 3.05) is 44.2 Å². The van der Waals surface area contributed by atoms with E-state index in [1.165, 1.54) is 4.88 Å². The van der Waals surface area contributed by atoms with Gasteiger partial charge in [-0.2, -0.15) is 0 Å². The molecule has 5 heterocycles. The van der Waals surface area contributed by atoms with Gasteiger partial charge in [-0.05, 0) is 44.0 Å². The zero-order valence-corrected chi connectivity index (χ0v) is 20.8. The highest BCUT2D eigenvalue weighted by Crippen LogP contribution is 2.31. The van der Waals surface area contributed by atoms with Crippen molar-refractivity contribution in [2.45, 2.75) is 38.8 Å². The number of para-hydroxylation sites is 1. The highest BCUT2D eigenvalue weighted by Gasteiger charge is 2.30. The number of hydrogen-bond acceptors (Lipinski definition) is 8. The van der Waals surface area contributed by atoms with Crippen molar-refractivity contribution in [3.05, 3.63) is 41.5 Å². The van der Waals surface area contributed by atoms with Crippen LogP contribution in [0.2, 0.25) is 0 Å². The van der Waals surface area contributed by atoms with Crippen LogP contribution in [0.25, 0.3) is 21.3 Å². The van der Waals surface area contributed by atoms with Crippen molar-refractivity contribution in [3.8, 4) is 0 Å². The minimum absolute atomic E-state index is 0.219. The largest absolute Gasteiger partial charge is 0.352 e. The van der Waals surface area contributed by atoms with E-state index in [4.69, 9.17) is 0 Å². The zero-order chi connectivity index (χ0) is 23.8. The van der Waals surface area contributed by atoms with E-state index in [0.29, 0.717) is 12.6 Å². The van der Waals surface area contributed by atoms with Gasteiger partial charge in [0.2, 0.25) is 5.91 Å². The topological polar surface area (TPSA) is 83.3 Å². The highest BCUT2D eigenvalue weighted by atomic mass is 32.1. The fourth-order valence-electron chi connectivity index (χ4n) is 5.32. The number of piperazine rings is 1. The number of likely N-dealkylation sites (tertiary alicyclic amines) is 1. The number of anilines is 1.